The fourth-order valence-corrected chi connectivity index (χ4v) is 3.24. The lowest BCUT2D eigenvalue weighted by Gasteiger charge is -2.27. The number of hydrogen-bond acceptors (Lipinski definition) is 5. The molecule has 0 atom stereocenters. The summed E-state index contributed by atoms with van der Waals surface area (Å²) in [4.78, 5) is 10.3. The maximum Gasteiger partial charge on any atom is 0.222 e. The summed E-state index contributed by atoms with van der Waals surface area (Å²) in [6.07, 6.45) is 3.35. The third-order valence-corrected chi connectivity index (χ3v) is 4.68. The molecule has 4 rings (SSSR count). The minimum Gasteiger partial charge on any atom is -0.348 e. The van der Waals surface area contributed by atoms with Crippen molar-refractivity contribution in [2.75, 3.05) is 11.9 Å². The molecule has 0 saturated carbocycles. The van der Waals surface area contributed by atoms with Crippen LogP contribution in [0.2, 0.25) is 0 Å². The molecule has 0 saturated heterocycles. The van der Waals surface area contributed by atoms with Crippen molar-refractivity contribution < 1.29 is 8.78 Å². The number of hydrogen-bond donors (Lipinski definition) is 1. The summed E-state index contributed by atoms with van der Waals surface area (Å²) >= 11 is 0. The molecule has 0 radical (unpaired) electrons. The van der Waals surface area contributed by atoms with Crippen LogP contribution in [-0.4, -0.2) is 31.2 Å². The zero-order valence-electron chi connectivity index (χ0n) is 15.0. The fourth-order valence-electron chi connectivity index (χ4n) is 3.24. The standard InChI is InChI=1S/C19H20F2N6/c1-13-3-4-17(20)16(18(13)21)12-26-7-8-27-15(11-26)9-14(25-27)10-24-19-22-5-2-6-23-19/h2-6,9H,7-8,10-12H2,1H3,(H,22,23,24). The highest BCUT2D eigenvalue weighted by Crippen LogP contribution is 2.21. The van der Waals surface area contributed by atoms with Crippen molar-refractivity contribution >= 4 is 5.95 Å². The molecular formula is C19H20F2N6. The minimum atomic E-state index is -0.495. The summed E-state index contributed by atoms with van der Waals surface area (Å²) in [5, 5.41) is 7.71. The predicted octanol–water partition coefficient (Wildman–Crippen LogP) is 2.89. The molecule has 3 aromatic rings. The molecule has 0 aliphatic carbocycles. The Morgan fingerprint density at radius 2 is 1.96 bits per heavy atom. The zero-order valence-corrected chi connectivity index (χ0v) is 15.0. The molecule has 1 N–H and O–H groups in total. The topological polar surface area (TPSA) is 58.9 Å². The zero-order chi connectivity index (χ0) is 18.8. The second-order valence-electron chi connectivity index (χ2n) is 6.64. The van der Waals surface area contributed by atoms with Gasteiger partial charge in [-0.25, -0.2) is 18.7 Å². The Balaban J connectivity index is 1.43. The Hall–Kier alpha value is -2.87. The first-order valence-corrected chi connectivity index (χ1v) is 8.82. The maximum absolute atomic E-state index is 14.3. The van der Waals surface area contributed by atoms with E-state index in [4.69, 9.17) is 0 Å². The first-order valence-electron chi connectivity index (χ1n) is 8.82. The van der Waals surface area contributed by atoms with Crippen LogP contribution in [0.15, 0.2) is 36.7 Å². The number of fused-ring (bicyclic) bond motifs is 1. The van der Waals surface area contributed by atoms with Crippen LogP contribution in [0.3, 0.4) is 0 Å². The monoisotopic (exact) mass is 370 g/mol. The Bertz CT molecular complexity index is 941. The van der Waals surface area contributed by atoms with Crippen LogP contribution in [0.1, 0.15) is 22.5 Å². The van der Waals surface area contributed by atoms with Gasteiger partial charge in [-0.3, -0.25) is 9.58 Å². The molecule has 6 nitrogen and oxygen atoms in total. The van der Waals surface area contributed by atoms with Crippen LogP contribution in [0.5, 0.6) is 0 Å². The Morgan fingerprint density at radius 3 is 2.78 bits per heavy atom. The number of halogens is 2. The highest BCUT2D eigenvalue weighted by atomic mass is 19.1. The molecule has 140 valence electrons. The number of nitrogens with one attached hydrogen (secondary N) is 1. The lowest BCUT2D eigenvalue weighted by Crippen LogP contribution is -2.34. The first kappa shape index (κ1) is 17.5. The average molecular weight is 370 g/mol. The molecule has 1 aliphatic heterocycles. The van der Waals surface area contributed by atoms with Gasteiger partial charge in [0.25, 0.3) is 0 Å². The number of aromatic nitrogens is 4. The van der Waals surface area contributed by atoms with Crippen LogP contribution < -0.4 is 5.32 Å². The molecule has 0 unspecified atom stereocenters. The lowest BCUT2D eigenvalue weighted by molar-refractivity contribution is 0.200. The lowest BCUT2D eigenvalue weighted by atomic mass is 10.1. The summed E-state index contributed by atoms with van der Waals surface area (Å²) in [5.74, 6) is -0.401. The minimum absolute atomic E-state index is 0.131. The van der Waals surface area contributed by atoms with E-state index in [1.807, 2.05) is 15.6 Å². The highest BCUT2D eigenvalue weighted by molar-refractivity contribution is 5.27. The summed E-state index contributed by atoms with van der Waals surface area (Å²) in [6.45, 7) is 4.39. The van der Waals surface area contributed by atoms with Crippen LogP contribution in [0.25, 0.3) is 0 Å². The number of benzene rings is 1. The van der Waals surface area contributed by atoms with Gasteiger partial charge in [0.05, 0.1) is 24.5 Å². The fraction of sp³-hybridized carbons (Fsp3) is 0.316. The van der Waals surface area contributed by atoms with E-state index in [-0.39, 0.29) is 12.1 Å². The molecule has 3 heterocycles. The highest BCUT2D eigenvalue weighted by Gasteiger charge is 2.21. The normalized spacial score (nSPS) is 14.2. The number of aryl methyl sites for hydroxylation is 1. The van der Waals surface area contributed by atoms with Gasteiger partial charge in [0.1, 0.15) is 11.6 Å². The number of nitrogens with zero attached hydrogens (tertiary/aromatic N) is 5. The smallest absolute Gasteiger partial charge is 0.222 e. The molecule has 1 aliphatic rings. The maximum atomic E-state index is 14.3. The van der Waals surface area contributed by atoms with Crippen LogP contribution >= 0.6 is 0 Å². The van der Waals surface area contributed by atoms with Gasteiger partial charge in [-0.2, -0.15) is 5.10 Å². The van der Waals surface area contributed by atoms with E-state index in [9.17, 15) is 8.78 Å². The van der Waals surface area contributed by atoms with E-state index in [0.29, 0.717) is 37.7 Å². The summed E-state index contributed by atoms with van der Waals surface area (Å²) < 4.78 is 30.3. The molecule has 27 heavy (non-hydrogen) atoms. The van der Waals surface area contributed by atoms with Gasteiger partial charge in [0, 0.05) is 37.6 Å². The average Bonchev–Trinajstić information content (AvgIpc) is 3.10. The summed E-state index contributed by atoms with van der Waals surface area (Å²) in [5.41, 5.74) is 2.50. The Kier molecular flexibility index (Phi) is 4.81. The van der Waals surface area contributed by atoms with Crippen molar-refractivity contribution in [2.24, 2.45) is 0 Å². The van der Waals surface area contributed by atoms with Gasteiger partial charge < -0.3 is 5.32 Å². The van der Waals surface area contributed by atoms with Gasteiger partial charge in [0.2, 0.25) is 5.95 Å². The third-order valence-electron chi connectivity index (χ3n) is 4.68. The van der Waals surface area contributed by atoms with Crippen molar-refractivity contribution in [3.63, 3.8) is 0 Å². The summed E-state index contributed by atoms with van der Waals surface area (Å²) in [6, 6.07) is 6.56. The SMILES string of the molecule is Cc1ccc(F)c(CN2CCn3nc(CNc4ncccn4)cc3C2)c1F. The van der Waals surface area contributed by atoms with Crippen LogP contribution in [0.4, 0.5) is 14.7 Å². The van der Waals surface area contributed by atoms with E-state index in [1.54, 1.807) is 25.4 Å². The van der Waals surface area contributed by atoms with E-state index in [1.165, 1.54) is 12.1 Å². The van der Waals surface area contributed by atoms with Crippen molar-refractivity contribution in [1.29, 1.82) is 0 Å². The molecule has 0 spiro atoms. The quantitative estimate of drug-likeness (QED) is 0.748. The molecule has 1 aromatic carbocycles. The number of anilines is 1. The largest absolute Gasteiger partial charge is 0.348 e. The van der Waals surface area contributed by atoms with E-state index in [2.05, 4.69) is 20.4 Å². The molecule has 0 amide bonds. The Labute approximate surface area is 155 Å². The van der Waals surface area contributed by atoms with Crippen molar-refractivity contribution in [3.8, 4) is 0 Å². The van der Waals surface area contributed by atoms with Gasteiger partial charge in [-0.1, -0.05) is 6.07 Å². The molecule has 8 heteroatoms. The third kappa shape index (κ3) is 3.80. The molecular weight excluding hydrogens is 350 g/mol. The van der Waals surface area contributed by atoms with Gasteiger partial charge >= 0.3 is 0 Å². The van der Waals surface area contributed by atoms with Crippen molar-refractivity contribution in [1.82, 2.24) is 24.6 Å². The van der Waals surface area contributed by atoms with Gasteiger partial charge in [-0.15, -0.1) is 0 Å². The summed E-state index contributed by atoms with van der Waals surface area (Å²) in [7, 11) is 0. The molecule has 2 aromatic heterocycles. The predicted molar refractivity (Wildman–Crippen MR) is 96.8 cm³/mol. The Morgan fingerprint density at radius 1 is 1.15 bits per heavy atom. The second kappa shape index (κ2) is 7.40. The van der Waals surface area contributed by atoms with Crippen molar-refractivity contribution in [2.45, 2.75) is 33.1 Å². The van der Waals surface area contributed by atoms with Crippen LogP contribution in [0, 0.1) is 18.6 Å². The molecule has 0 fully saturated rings. The molecule has 0 bridgehead atoms. The van der Waals surface area contributed by atoms with E-state index in [0.717, 1.165) is 11.4 Å². The van der Waals surface area contributed by atoms with E-state index < -0.39 is 11.6 Å². The van der Waals surface area contributed by atoms with Gasteiger partial charge in [-0.05, 0) is 30.7 Å². The van der Waals surface area contributed by atoms with Crippen molar-refractivity contribution in [3.05, 3.63) is 70.8 Å². The first-order chi connectivity index (χ1) is 13.1. The van der Waals surface area contributed by atoms with Crippen LogP contribution in [-0.2, 0) is 26.2 Å². The van der Waals surface area contributed by atoms with E-state index >= 15 is 0 Å². The second-order valence-corrected chi connectivity index (χ2v) is 6.64. The van der Waals surface area contributed by atoms with Gasteiger partial charge in [0.15, 0.2) is 0 Å². The number of rotatable bonds is 5.